The Morgan fingerprint density at radius 2 is 2.05 bits per heavy atom. The molecule has 0 saturated heterocycles. The molecular weight excluding hydrogens is 234 g/mol. The molecule has 0 aliphatic carbocycles. The van der Waals surface area contributed by atoms with Crippen LogP contribution >= 0.6 is 0 Å². The molecule has 0 aliphatic rings. The molecule has 1 aromatic carbocycles. The van der Waals surface area contributed by atoms with Crippen molar-refractivity contribution in [2.24, 2.45) is 0 Å². The fourth-order valence-corrected chi connectivity index (χ4v) is 1.89. The van der Waals surface area contributed by atoms with E-state index in [0.29, 0.717) is 6.61 Å². The first-order chi connectivity index (χ1) is 9.11. The second-order valence-corrected chi connectivity index (χ2v) is 4.63. The molecule has 0 N–H and O–H groups in total. The molecule has 1 aromatic heterocycles. The summed E-state index contributed by atoms with van der Waals surface area (Å²) in [6.45, 7) is 10.6. The summed E-state index contributed by atoms with van der Waals surface area (Å²) in [5.74, 6) is 0.922. The lowest BCUT2D eigenvalue weighted by atomic mass is 10.1. The second kappa shape index (κ2) is 5.70. The topological polar surface area (TPSA) is 22.1 Å². The van der Waals surface area contributed by atoms with E-state index < -0.39 is 0 Å². The zero-order chi connectivity index (χ0) is 13.8. The molecule has 19 heavy (non-hydrogen) atoms. The highest BCUT2D eigenvalue weighted by molar-refractivity contribution is 5.66. The summed E-state index contributed by atoms with van der Waals surface area (Å²) in [4.78, 5) is 4.48. The zero-order valence-corrected chi connectivity index (χ0v) is 11.7. The Labute approximate surface area is 114 Å². The third-order valence-corrected chi connectivity index (χ3v) is 3.04. The quantitative estimate of drug-likeness (QED) is 0.801. The number of benzene rings is 1. The maximum absolute atomic E-state index is 5.62. The average Bonchev–Trinajstić information content (AvgIpc) is 2.41. The van der Waals surface area contributed by atoms with Gasteiger partial charge in [0, 0.05) is 11.8 Å². The summed E-state index contributed by atoms with van der Waals surface area (Å²) < 4.78 is 5.62. The van der Waals surface area contributed by atoms with Crippen molar-refractivity contribution in [2.75, 3.05) is 6.61 Å². The van der Waals surface area contributed by atoms with Gasteiger partial charge in [0.25, 0.3) is 0 Å². The summed E-state index contributed by atoms with van der Waals surface area (Å²) >= 11 is 0. The van der Waals surface area contributed by atoms with Crippen molar-refractivity contribution in [3.8, 4) is 17.0 Å². The van der Waals surface area contributed by atoms with Gasteiger partial charge in [-0.1, -0.05) is 24.8 Å². The molecule has 0 amide bonds. The van der Waals surface area contributed by atoms with E-state index in [0.717, 1.165) is 33.7 Å². The van der Waals surface area contributed by atoms with Crippen molar-refractivity contribution in [1.29, 1.82) is 0 Å². The van der Waals surface area contributed by atoms with Crippen LogP contribution in [0.3, 0.4) is 0 Å². The molecule has 0 radical (unpaired) electrons. The molecule has 0 bridgehead atoms. The highest BCUT2D eigenvalue weighted by Crippen LogP contribution is 2.26. The number of hydrogen-bond donors (Lipinski definition) is 0. The molecule has 2 rings (SSSR count). The molecule has 0 atom stereocenters. The standard InChI is InChI=1S/C17H19NO/c1-5-19-17-10-14(7-6-13(17)4)16-9-8-15(11-18-16)12(2)3/h6-11H,2,5H2,1,3-4H3. The number of aryl methyl sites for hydroxylation is 1. The number of aromatic nitrogens is 1. The SMILES string of the molecule is C=C(C)c1ccc(-c2ccc(C)c(OCC)c2)nc1. The Morgan fingerprint density at radius 1 is 1.26 bits per heavy atom. The normalized spacial score (nSPS) is 10.3. The maximum atomic E-state index is 5.62. The predicted octanol–water partition coefficient (Wildman–Crippen LogP) is 4.49. The molecule has 0 saturated carbocycles. The third kappa shape index (κ3) is 3.02. The molecule has 0 unspecified atom stereocenters. The third-order valence-electron chi connectivity index (χ3n) is 3.04. The van der Waals surface area contributed by atoms with Crippen LogP contribution < -0.4 is 4.74 Å². The second-order valence-electron chi connectivity index (χ2n) is 4.63. The Hall–Kier alpha value is -2.09. The molecule has 98 valence electrons. The summed E-state index contributed by atoms with van der Waals surface area (Å²) in [5.41, 5.74) is 5.26. The van der Waals surface area contributed by atoms with Gasteiger partial charge in [-0.05, 0) is 49.6 Å². The number of pyridine rings is 1. The smallest absolute Gasteiger partial charge is 0.122 e. The summed E-state index contributed by atoms with van der Waals surface area (Å²) in [6, 6.07) is 10.2. The van der Waals surface area contributed by atoms with Gasteiger partial charge in [-0.15, -0.1) is 0 Å². The maximum Gasteiger partial charge on any atom is 0.122 e. The van der Waals surface area contributed by atoms with Gasteiger partial charge in [0.2, 0.25) is 0 Å². The predicted molar refractivity (Wildman–Crippen MR) is 80.3 cm³/mol. The average molecular weight is 253 g/mol. The molecular formula is C17H19NO. The van der Waals surface area contributed by atoms with Gasteiger partial charge in [-0.25, -0.2) is 0 Å². The van der Waals surface area contributed by atoms with E-state index in [2.05, 4.69) is 23.7 Å². The van der Waals surface area contributed by atoms with Gasteiger partial charge >= 0.3 is 0 Å². The lowest BCUT2D eigenvalue weighted by molar-refractivity contribution is 0.338. The van der Waals surface area contributed by atoms with E-state index >= 15 is 0 Å². The van der Waals surface area contributed by atoms with Crippen molar-refractivity contribution in [3.05, 3.63) is 54.2 Å². The van der Waals surface area contributed by atoms with E-state index in [1.807, 2.05) is 45.2 Å². The van der Waals surface area contributed by atoms with Crippen LogP contribution in [0.2, 0.25) is 0 Å². The number of rotatable bonds is 4. The number of ether oxygens (including phenoxy) is 1. The summed E-state index contributed by atoms with van der Waals surface area (Å²) in [7, 11) is 0. The van der Waals surface area contributed by atoms with Gasteiger partial charge in [0.15, 0.2) is 0 Å². The Kier molecular flexibility index (Phi) is 4.00. The number of nitrogens with zero attached hydrogens (tertiary/aromatic N) is 1. The van der Waals surface area contributed by atoms with Crippen molar-refractivity contribution in [1.82, 2.24) is 4.98 Å². The van der Waals surface area contributed by atoms with Crippen LogP contribution in [0.5, 0.6) is 5.75 Å². The molecule has 0 fully saturated rings. The molecule has 2 aromatic rings. The van der Waals surface area contributed by atoms with Gasteiger partial charge in [0.05, 0.1) is 12.3 Å². The van der Waals surface area contributed by atoms with E-state index in [-0.39, 0.29) is 0 Å². The fraction of sp³-hybridized carbons (Fsp3) is 0.235. The van der Waals surface area contributed by atoms with E-state index in [1.54, 1.807) is 0 Å². The first kappa shape index (κ1) is 13.3. The monoisotopic (exact) mass is 253 g/mol. The van der Waals surface area contributed by atoms with Gasteiger partial charge in [-0.3, -0.25) is 4.98 Å². The number of hydrogen-bond acceptors (Lipinski definition) is 2. The Balaban J connectivity index is 2.35. The molecule has 2 nitrogen and oxygen atoms in total. The molecule has 0 aliphatic heterocycles. The van der Waals surface area contributed by atoms with Crippen LogP contribution in [0.25, 0.3) is 16.8 Å². The van der Waals surface area contributed by atoms with E-state index in [1.165, 1.54) is 0 Å². The molecule has 0 spiro atoms. The largest absolute Gasteiger partial charge is 0.494 e. The van der Waals surface area contributed by atoms with Gasteiger partial charge in [-0.2, -0.15) is 0 Å². The zero-order valence-electron chi connectivity index (χ0n) is 11.7. The van der Waals surface area contributed by atoms with Crippen LogP contribution in [0, 0.1) is 6.92 Å². The summed E-state index contributed by atoms with van der Waals surface area (Å²) in [6.07, 6.45) is 1.86. The van der Waals surface area contributed by atoms with Crippen molar-refractivity contribution < 1.29 is 4.74 Å². The number of allylic oxidation sites excluding steroid dienone is 1. The first-order valence-electron chi connectivity index (χ1n) is 6.47. The fourth-order valence-electron chi connectivity index (χ4n) is 1.89. The van der Waals surface area contributed by atoms with Crippen molar-refractivity contribution in [2.45, 2.75) is 20.8 Å². The Morgan fingerprint density at radius 3 is 2.63 bits per heavy atom. The van der Waals surface area contributed by atoms with Crippen LogP contribution in [0.15, 0.2) is 43.1 Å². The highest BCUT2D eigenvalue weighted by atomic mass is 16.5. The van der Waals surface area contributed by atoms with Crippen LogP contribution in [0.1, 0.15) is 25.0 Å². The van der Waals surface area contributed by atoms with E-state index in [4.69, 9.17) is 4.74 Å². The lowest BCUT2D eigenvalue weighted by Gasteiger charge is -2.09. The minimum atomic E-state index is 0.673. The lowest BCUT2D eigenvalue weighted by Crippen LogP contribution is -1.95. The van der Waals surface area contributed by atoms with Crippen LogP contribution in [-0.2, 0) is 0 Å². The van der Waals surface area contributed by atoms with Crippen molar-refractivity contribution in [3.63, 3.8) is 0 Å². The minimum absolute atomic E-state index is 0.673. The molecule has 2 heteroatoms. The highest BCUT2D eigenvalue weighted by Gasteiger charge is 2.04. The minimum Gasteiger partial charge on any atom is -0.494 e. The first-order valence-corrected chi connectivity index (χ1v) is 6.47. The van der Waals surface area contributed by atoms with E-state index in [9.17, 15) is 0 Å². The van der Waals surface area contributed by atoms with Crippen LogP contribution in [-0.4, -0.2) is 11.6 Å². The molecule has 1 heterocycles. The van der Waals surface area contributed by atoms with Gasteiger partial charge < -0.3 is 4.74 Å². The van der Waals surface area contributed by atoms with Crippen LogP contribution in [0.4, 0.5) is 0 Å². The van der Waals surface area contributed by atoms with Gasteiger partial charge in [0.1, 0.15) is 5.75 Å². The summed E-state index contributed by atoms with van der Waals surface area (Å²) in [5, 5.41) is 0. The van der Waals surface area contributed by atoms with Crippen molar-refractivity contribution >= 4 is 5.57 Å². The Bertz CT molecular complexity index is 585.